The fraction of sp³-hybridized carbons (Fsp3) is 0.316. The molecule has 0 fully saturated rings. The highest BCUT2D eigenvalue weighted by atomic mass is 35.5. The molecule has 0 spiro atoms. The molecule has 3 aromatic rings. The first-order valence-electron chi connectivity index (χ1n) is 8.42. The van der Waals surface area contributed by atoms with Crippen LogP contribution in [0.3, 0.4) is 0 Å². The maximum Gasteiger partial charge on any atom is 0.248 e. The van der Waals surface area contributed by atoms with E-state index in [1.165, 1.54) is 6.20 Å². The highest BCUT2D eigenvalue weighted by molar-refractivity contribution is 6.35. The van der Waals surface area contributed by atoms with E-state index in [1.807, 2.05) is 52.0 Å². The zero-order valence-corrected chi connectivity index (χ0v) is 17.0. The molecule has 8 heteroatoms. The third kappa shape index (κ3) is 4.90. The molecular formula is C19H20Cl2N4O2. The third-order valence-electron chi connectivity index (χ3n) is 3.71. The molecule has 1 aromatic carbocycles. The van der Waals surface area contributed by atoms with Crippen molar-refractivity contribution in [2.75, 3.05) is 5.32 Å². The van der Waals surface area contributed by atoms with Gasteiger partial charge < -0.3 is 14.6 Å². The molecule has 6 nitrogen and oxygen atoms in total. The lowest BCUT2D eigenvalue weighted by Gasteiger charge is -2.13. The summed E-state index contributed by atoms with van der Waals surface area (Å²) < 4.78 is 11.0. The monoisotopic (exact) mass is 406 g/mol. The zero-order chi connectivity index (χ0) is 19.6. The number of benzene rings is 1. The van der Waals surface area contributed by atoms with Crippen LogP contribution in [-0.2, 0) is 5.41 Å². The molecule has 1 atom stereocenters. The summed E-state index contributed by atoms with van der Waals surface area (Å²) in [5.74, 6) is 2.13. The summed E-state index contributed by atoms with van der Waals surface area (Å²) in [5.41, 5.74) is 0.734. The number of pyridine rings is 1. The first-order chi connectivity index (χ1) is 12.7. The number of hydrogen-bond donors (Lipinski definition) is 1. The third-order valence-corrected chi connectivity index (χ3v) is 4.19. The van der Waals surface area contributed by atoms with Crippen molar-refractivity contribution in [1.82, 2.24) is 15.1 Å². The average molecular weight is 407 g/mol. The number of halogens is 2. The quantitative estimate of drug-likeness (QED) is 0.556. The van der Waals surface area contributed by atoms with Gasteiger partial charge in [-0.25, -0.2) is 4.98 Å². The summed E-state index contributed by atoms with van der Waals surface area (Å²) in [6.07, 6.45) is 1.48. The maximum absolute atomic E-state index is 6.07. The van der Waals surface area contributed by atoms with Crippen LogP contribution in [0.4, 0.5) is 5.69 Å². The molecular weight excluding hydrogens is 387 g/mol. The average Bonchev–Trinajstić information content (AvgIpc) is 3.09. The molecule has 0 aliphatic rings. The number of nitrogens with one attached hydrogen (secondary N) is 1. The predicted octanol–water partition coefficient (Wildman–Crippen LogP) is 6.03. The van der Waals surface area contributed by atoms with Crippen molar-refractivity contribution in [3.63, 3.8) is 0 Å². The highest BCUT2D eigenvalue weighted by Gasteiger charge is 2.23. The number of ether oxygens (including phenoxy) is 1. The van der Waals surface area contributed by atoms with Gasteiger partial charge in [0.15, 0.2) is 5.82 Å². The van der Waals surface area contributed by atoms with Gasteiger partial charge in [0.25, 0.3) is 0 Å². The Morgan fingerprint density at radius 2 is 1.85 bits per heavy atom. The van der Waals surface area contributed by atoms with Gasteiger partial charge in [-0.1, -0.05) is 49.1 Å². The van der Waals surface area contributed by atoms with Crippen molar-refractivity contribution >= 4 is 28.9 Å². The van der Waals surface area contributed by atoms with Crippen LogP contribution in [0, 0.1) is 0 Å². The number of aromatic nitrogens is 3. The summed E-state index contributed by atoms with van der Waals surface area (Å²) in [5, 5.41) is 8.18. The van der Waals surface area contributed by atoms with Gasteiger partial charge in [0.1, 0.15) is 16.8 Å². The number of anilines is 1. The second kappa shape index (κ2) is 7.74. The fourth-order valence-electron chi connectivity index (χ4n) is 2.24. The van der Waals surface area contributed by atoms with Crippen LogP contribution in [0.5, 0.6) is 11.6 Å². The molecule has 0 bridgehead atoms. The molecule has 2 heterocycles. The molecule has 142 valence electrons. The van der Waals surface area contributed by atoms with Gasteiger partial charge in [-0.2, -0.15) is 4.98 Å². The topological polar surface area (TPSA) is 73.1 Å². The summed E-state index contributed by atoms with van der Waals surface area (Å²) in [6, 6.07) is 8.85. The Morgan fingerprint density at radius 1 is 1.15 bits per heavy atom. The van der Waals surface area contributed by atoms with Crippen LogP contribution < -0.4 is 10.1 Å². The van der Waals surface area contributed by atoms with Gasteiger partial charge in [-0.05, 0) is 37.3 Å². The second-order valence-corrected chi connectivity index (χ2v) is 7.98. The predicted molar refractivity (Wildman–Crippen MR) is 106 cm³/mol. The number of rotatable bonds is 5. The Balaban J connectivity index is 1.65. The van der Waals surface area contributed by atoms with Crippen molar-refractivity contribution in [2.45, 2.75) is 39.2 Å². The lowest BCUT2D eigenvalue weighted by molar-refractivity contribution is 0.354. The zero-order valence-electron chi connectivity index (χ0n) is 15.5. The van der Waals surface area contributed by atoms with Gasteiger partial charge in [0.05, 0.1) is 5.02 Å². The highest BCUT2D eigenvalue weighted by Crippen LogP contribution is 2.30. The molecule has 0 amide bonds. The lowest BCUT2D eigenvalue weighted by Crippen LogP contribution is -2.14. The molecule has 3 rings (SSSR count). The summed E-state index contributed by atoms with van der Waals surface area (Å²) in [6.45, 7) is 8.09. The van der Waals surface area contributed by atoms with Crippen LogP contribution in [0.1, 0.15) is 45.5 Å². The minimum atomic E-state index is -0.155. The van der Waals surface area contributed by atoms with Crippen molar-refractivity contribution in [3.8, 4) is 11.6 Å². The van der Waals surface area contributed by atoms with Crippen LogP contribution in [-0.4, -0.2) is 15.1 Å². The SMILES string of the molecule is CC(Nc1ccc(Oc2ncc(Cl)cc2Cl)cc1)c1nc(C(C)(C)C)no1. The molecule has 0 saturated heterocycles. The van der Waals surface area contributed by atoms with Crippen molar-refractivity contribution in [3.05, 3.63) is 58.3 Å². The summed E-state index contributed by atoms with van der Waals surface area (Å²) in [7, 11) is 0. The molecule has 27 heavy (non-hydrogen) atoms. The summed E-state index contributed by atoms with van der Waals surface area (Å²) >= 11 is 11.9. The Bertz CT molecular complexity index is 920. The first-order valence-corrected chi connectivity index (χ1v) is 9.17. The van der Waals surface area contributed by atoms with Crippen molar-refractivity contribution in [1.29, 1.82) is 0 Å². The van der Waals surface area contributed by atoms with Crippen LogP contribution in [0.2, 0.25) is 10.0 Å². The lowest BCUT2D eigenvalue weighted by atomic mass is 9.96. The molecule has 0 aliphatic carbocycles. The fourth-order valence-corrected chi connectivity index (χ4v) is 2.65. The van der Waals surface area contributed by atoms with E-state index in [1.54, 1.807) is 6.07 Å². The van der Waals surface area contributed by atoms with E-state index in [0.29, 0.717) is 33.4 Å². The van der Waals surface area contributed by atoms with Crippen molar-refractivity contribution in [2.24, 2.45) is 0 Å². The Morgan fingerprint density at radius 3 is 2.44 bits per heavy atom. The van der Waals surface area contributed by atoms with E-state index in [0.717, 1.165) is 5.69 Å². The smallest absolute Gasteiger partial charge is 0.248 e. The summed E-state index contributed by atoms with van der Waals surface area (Å²) in [4.78, 5) is 8.55. The largest absolute Gasteiger partial charge is 0.438 e. The van der Waals surface area contributed by atoms with E-state index in [9.17, 15) is 0 Å². The Kier molecular flexibility index (Phi) is 5.58. The standard InChI is InChI=1S/C19H20Cl2N4O2/c1-11(16-24-18(25-27-16)19(2,3)4)23-13-5-7-14(8-6-13)26-17-15(21)9-12(20)10-22-17/h5-11,23H,1-4H3. The molecule has 0 aliphatic heterocycles. The van der Waals surface area contributed by atoms with E-state index < -0.39 is 0 Å². The van der Waals surface area contributed by atoms with Crippen LogP contribution >= 0.6 is 23.2 Å². The first kappa shape index (κ1) is 19.5. The van der Waals surface area contributed by atoms with Crippen LogP contribution in [0.25, 0.3) is 0 Å². The molecule has 0 radical (unpaired) electrons. The van der Waals surface area contributed by atoms with Gasteiger partial charge >= 0.3 is 0 Å². The molecule has 1 unspecified atom stereocenters. The van der Waals surface area contributed by atoms with Gasteiger partial charge in [0.2, 0.25) is 11.8 Å². The minimum absolute atomic E-state index is 0.132. The van der Waals surface area contributed by atoms with Crippen molar-refractivity contribution < 1.29 is 9.26 Å². The van der Waals surface area contributed by atoms with E-state index in [-0.39, 0.29) is 11.5 Å². The molecule has 2 aromatic heterocycles. The molecule has 0 saturated carbocycles. The normalized spacial score (nSPS) is 12.7. The van der Waals surface area contributed by atoms with E-state index in [2.05, 4.69) is 20.4 Å². The van der Waals surface area contributed by atoms with Gasteiger partial charge in [0, 0.05) is 17.3 Å². The minimum Gasteiger partial charge on any atom is -0.438 e. The van der Waals surface area contributed by atoms with E-state index >= 15 is 0 Å². The maximum atomic E-state index is 6.07. The van der Waals surface area contributed by atoms with Gasteiger partial charge in [-0.3, -0.25) is 0 Å². The number of nitrogens with zero attached hydrogens (tertiary/aromatic N) is 3. The van der Waals surface area contributed by atoms with E-state index in [4.69, 9.17) is 32.5 Å². The second-order valence-electron chi connectivity index (χ2n) is 7.14. The number of hydrogen-bond acceptors (Lipinski definition) is 6. The van der Waals surface area contributed by atoms with Gasteiger partial charge in [-0.15, -0.1) is 0 Å². The Labute approximate surface area is 167 Å². The van der Waals surface area contributed by atoms with Crippen LogP contribution in [0.15, 0.2) is 41.1 Å². The Hall–Kier alpha value is -2.31. The molecule has 1 N–H and O–H groups in total.